The summed E-state index contributed by atoms with van der Waals surface area (Å²) >= 11 is 0. The van der Waals surface area contributed by atoms with Crippen molar-refractivity contribution in [2.75, 3.05) is 6.26 Å². The molecule has 1 rings (SSSR count). The molecule has 0 radical (unpaired) electrons. The fraction of sp³-hybridized carbons (Fsp3) is 0.385. The smallest absolute Gasteiger partial charge is 0.184 e. The zero-order valence-corrected chi connectivity index (χ0v) is 11.1. The molecular weight excluding hydrogens is 234 g/mol. The van der Waals surface area contributed by atoms with Gasteiger partial charge in [-0.15, -0.1) is 0 Å². The summed E-state index contributed by atoms with van der Waals surface area (Å²) in [6.45, 7) is 5.77. The zero-order chi connectivity index (χ0) is 12.9. The Kier molecular flexibility index (Phi) is 4.34. The molecule has 0 amide bonds. The van der Waals surface area contributed by atoms with Gasteiger partial charge in [-0.05, 0) is 30.3 Å². The Morgan fingerprint density at radius 3 is 2.59 bits per heavy atom. The van der Waals surface area contributed by atoms with E-state index in [4.69, 9.17) is 0 Å². The number of dihydropyridines is 1. The number of hydrogen-bond donors (Lipinski definition) is 1. The minimum Gasteiger partial charge on any atom is -0.366 e. The predicted octanol–water partition coefficient (Wildman–Crippen LogP) is 2.31. The first-order valence-corrected chi connectivity index (χ1v) is 7.52. The van der Waals surface area contributed by atoms with Crippen molar-refractivity contribution in [3.8, 4) is 0 Å². The van der Waals surface area contributed by atoms with Crippen molar-refractivity contribution < 1.29 is 8.42 Å². The molecule has 0 spiro atoms. The average molecular weight is 253 g/mol. The summed E-state index contributed by atoms with van der Waals surface area (Å²) in [6.07, 6.45) is 13.4. The third-order valence-electron chi connectivity index (χ3n) is 2.72. The van der Waals surface area contributed by atoms with Crippen LogP contribution in [0, 0.1) is 0 Å². The van der Waals surface area contributed by atoms with Crippen molar-refractivity contribution in [2.24, 2.45) is 0 Å². The molecule has 1 heterocycles. The van der Waals surface area contributed by atoms with E-state index in [0.29, 0.717) is 5.57 Å². The van der Waals surface area contributed by atoms with Crippen LogP contribution in [0.1, 0.15) is 19.8 Å². The van der Waals surface area contributed by atoms with Crippen LogP contribution >= 0.6 is 0 Å². The number of allylic oxidation sites excluding steroid dienone is 3. The molecule has 0 aromatic rings. The van der Waals surface area contributed by atoms with E-state index in [1.165, 1.54) is 6.26 Å². The molecule has 0 aromatic carbocycles. The maximum atomic E-state index is 12.0. The van der Waals surface area contributed by atoms with Crippen LogP contribution in [-0.4, -0.2) is 19.5 Å². The fourth-order valence-electron chi connectivity index (χ4n) is 1.78. The van der Waals surface area contributed by atoms with E-state index in [9.17, 15) is 8.42 Å². The molecule has 1 aliphatic rings. The van der Waals surface area contributed by atoms with Gasteiger partial charge in [0.1, 0.15) is 0 Å². The van der Waals surface area contributed by atoms with Crippen molar-refractivity contribution in [1.82, 2.24) is 5.32 Å². The van der Waals surface area contributed by atoms with Gasteiger partial charge in [-0.25, -0.2) is 8.42 Å². The molecule has 0 fully saturated rings. The van der Waals surface area contributed by atoms with E-state index in [0.717, 1.165) is 12.8 Å². The summed E-state index contributed by atoms with van der Waals surface area (Å²) in [5.74, 6) is 0. The largest absolute Gasteiger partial charge is 0.366 e. The van der Waals surface area contributed by atoms with Gasteiger partial charge in [-0.1, -0.05) is 38.2 Å². The highest BCUT2D eigenvalue weighted by Crippen LogP contribution is 2.28. The van der Waals surface area contributed by atoms with Crippen LogP contribution in [0.3, 0.4) is 0 Å². The molecule has 0 bridgehead atoms. The van der Waals surface area contributed by atoms with E-state index in [1.54, 1.807) is 30.5 Å². The lowest BCUT2D eigenvalue weighted by Gasteiger charge is -2.32. The highest BCUT2D eigenvalue weighted by atomic mass is 32.2. The molecule has 0 aromatic heterocycles. The number of nitrogens with one attached hydrogen (secondary N) is 1. The molecule has 0 aliphatic carbocycles. The Hall–Kier alpha value is -1.29. The molecular formula is C13H19NO2S. The van der Waals surface area contributed by atoms with Crippen molar-refractivity contribution >= 4 is 9.84 Å². The van der Waals surface area contributed by atoms with Gasteiger partial charge in [0, 0.05) is 6.26 Å². The van der Waals surface area contributed by atoms with Gasteiger partial charge in [0.2, 0.25) is 0 Å². The molecule has 4 heteroatoms. The molecule has 1 aliphatic heterocycles. The Bertz CT molecular complexity index is 472. The summed E-state index contributed by atoms with van der Waals surface area (Å²) in [6, 6.07) is 0. The number of sulfone groups is 1. The molecule has 17 heavy (non-hydrogen) atoms. The molecule has 1 atom stereocenters. The van der Waals surface area contributed by atoms with Gasteiger partial charge in [-0.3, -0.25) is 0 Å². The second-order valence-electron chi connectivity index (χ2n) is 4.02. The monoisotopic (exact) mass is 253 g/mol. The highest BCUT2D eigenvalue weighted by Gasteiger charge is 2.40. The summed E-state index contributed by atoms with van der Waals surface area (Å²) in [5, 5.41) is 2.94. The van der Waals surface area contributed by atoms with Gasteiger partial charge in [-0.2, -0.15) is 0 Å². The summed E-state index contributed by atoms with van der Waals surface area (Å²) in [5.41, 5.74) is 0.683. The highest BCUT2D eigenvalue weighted by molar-refractivity contribution is 7.92. The maximum Gasteiger partial charge on any atom is 0.184 e. The first-order chi connectivity index (χ1) is 7.98. The van der Waals surface area contributed by atoms with Gasteiger partial charge >= 0.3 is 0 Å². The second-order valence-corrected chi connectivity index (χ2v) is 6.21. The van der Waals surface area contributed by atoms with Crippen molar-refractivity contribution in [3.63, 3.8) is 0 Å². The summed E-state index contributed by atoms with van der Waals surface area (Å²) in [7, 11) is -3.32. The first kappa shape index (κ1) is 13.8. The van der Waals surface area contributed by atoms with E-state index < -0.39 is 14.7 Å². The first-order valence-electron chi connectivity index (χ1n) is 5.62. The molecule has 1 unspecified atom stereocenters. The number of unbranched alkanes of at least 4 members (excludes halogenated alkanes) is 1. The maximum absolute atomic E-state index is 12.0. The van der Waals surface area contributed by atoms with Gasteiger partial charge in [0.25, 0.3) is 0 Å². The van der Waals surface area contributed by atoms with Gasteiger partial charge in [0.15, 0.2) is 14.7 Å². The Morgan fingerprint density at radius 2 is 2.18 bits per heavy atom. The fourth-order valence-corrected chi connectivity index (χ4v) is 2.98. The Labute approximate surface area is 104 Å². The average Bonchev–Trinajstić information content (AvgIpc) is 2.30. The quantitative estimate of drug-likeness (QED) is 0.765. The predicted molar refractivity (Wildman–Crippen MR) is 72.2 cm³/mol. The van der Waals surface area contributed by atoms with Crippen LogP contribution in [-0.2, 0) is 9.84 Å². The summed E-state index contributed by atoms with van der Waals surface area (Å²) < 4.78 is 24.1. The normalized spacial score (nSPS) is 24.5. The number of hydrogen-bond acceptors (Lipinski definition) is 3. The topological polar surface area (TPSA) is 46.2 Å². The van der Waals surface area contributed by atoms with Crippen molar-refractivity contribution in [1.29, 1.82) is 0 Å². The van der Waals surface area contributed by atoms with Gasteiger partial charge < -0.3 is 5.32 Å². The Balaban J connectivity index is 3.29. The molecule has 0 saturated heterocycles. The molecule has 3 nitrogen and oxygen atoms in total. The van der Waals surface area contributed by atoms with Crippen LogP contribution in [0.25, 0.3) is 0 Å². The van der Waals surface area contributed by atoms with E-state index in [-0.39, 0.29) is 0 Å². The lowest BCUT2D eigenvalue weighted by atomic mass is 10.0. The van der Waals surface area contributed by atoms with Crippen LogP contribution < -0.4 is 5.32 Å². The lowest BCUT2D eigenvalue weighted by Crippen LogP contribution is -2.49. The summed E-state index contributed by atoms with van der Waals surface area (Å²) in [4.78, 5) is -1.17. The molecule has 0 saturated carbocycles. The van der Waals surface area contributed by atoms with Crippen LogP contribution in [0.2, 0.25) is 0 Å². The molecule has 1 N–H and O–H groups in total. The molecule has 94 valence electrons. The lowest BCUT2D eigenvalue weighted by molar-refractivity contribution is 0.561. The van der Waals surface area contributed by atoms with E-state index in [1.807, 2.05) is 13.0 Å². The standard InChI is InChI=1S/C13H19NO2S/c1-4-6-9-12(5-2)13(17(3,15)16)10-7-8-11-14-13/h5,7-11,14H,2,4,6H2,1,3H3/b12-9-. The zero-order valence-electron chi connectivity index (χ0n) is 10.3. The minimum absolute atomic E-state index is 0.683. The van der Waals surface area contributed by atoms with Crippen LogP contribution in [0.5, 0.6) is 0 Å². The van der Waals surface area contributed by atoms with E-state index >= 15 is 0 Å². The second kappa shape index (κ2) is 5.36. The minimum atomic E-state index is -3.32. The van der Waals surface area contributed by atoms with Crippen molar-refractivity contribution in [3.05, 3.63) is 48.7 Å². The van der Waals surface area contributed by atoms with Crippen molar-refractivity contribution in [2.45, 2.75) is 24.6 Å². The Morgan fingerprint density at radius 1 is 1.47 bits per heavy atom. The van der Waals surface area contributed by atoms with E-state index in [2.05, 4.69) is 11.9 Å². The third kappa shape index (κ3) is 2.69. The van der Waals surface area contributed by atoms with Crippen LogP contribution in [0.15, 0.2) is 48.7 Å². The van der Waals surface area contributed by atoms with Crippen LogP contribution in [0.4, 0.5) is 0 Å². The SMILES string of the molecule is C=C/C(=C/CCC)C1(S(C)(=O)=O)C=CC=CN1. The number of rotatable bonds is 5. The van der Waals surface area contributed by atoms with Gasteiger partial charge in [0.05, 0.1) is 0 Å². The third-order valence-corrected chi connectivity index (χ3v) is 4.38.